The lowest BCUT2D eigenvalue weighted by atomic mass is 10.0. The summed E-state index contributed by atoms with van der Waals surface area (Å²) in [6.45, 7) is 0. The monoisotopic (exact) mass is 294 g/mol. The van der Waals surface area contributed by atoms with Crippen molar-refractivity contribution in [2.24, 2.45) is 0 Å². The molecule has 0 amide bonds. The summed E-state index contributed by atoms with van der Waals surface area (Å²) in [5, 5.41) is 11.1. The second-order valence-electron chi connectivity index (χ2n) is 3.37. The highest BCUT2D eigenvalue weighted by Crippen LogP contribution is 2.28. The minimum absolute atomic E-state index is 0.259. The lowest BCUT2D eigenvalue weighted by Gasteiger charge is -2.09. The maximum absolute atomic E-state index is 9.02. The molecular weight excluding hydrogens is 288 g/mol. The first kappa shape index (κ1) is 11.4. The summed E-state index contributed by atoms with van der Waals surface area (Å²) in [5.74, 6) is -0.102. The minimum atomic E-state index is -0.361. The molecule has 0 radical (unpaired) electrons. The Hall–Kier alpha value is -1.11. The number of aromatic nitrogens is 1. The molecule has 1 aromatic carbocycles. The van der Waals surface area contributed by atoms with Gasteiger partial charge in [-0.3, -0.25) is 4.98 Å². The molecule has 16 heavy (non-hydrogen) atoms. The first-order chi connectivity index (χ1) is 7.77. The predicted octanol–water partition coefficient (Wildman–Crippen LogP) is 3.84. The van der Waals surface area contributed by atoms with Gasteiger partial charge in [-0.1, -0.05) is 28.1 Å². The van der Waals surface area contributed by atoms with Crippen LogP contribution in [0, 0.1) is 11.3 Å². The van der Waals surface area contributed by atoms with Crippen molar-refractivity contribution in [2.75, 3.05) is 5.88 Å². The molecule has 2 nitrogen and oxygen atoms in total. The maximum Gasteiger partial charge on any atom is 0.103 e. The Morgan fingerprint density at radius 3 is 2.88 bits per heavy atom. The first-order valence-electron chi connectivity index (χ1n) is 4.76. The number of benzene rings is 1. The van der Waals surface area contributed by atoms with E-state index in [0.717, 1.165) is 20.9 Å². The molecule has 0 spiro atoms. The van der Waals surface area contributed by atoms with Crippen molar-refractivity contribution < 1.29 is 0 Å². The van der Waals surface area contributed by atoms with Crippen molar-refractivity contribution >= 4 is 38.3 Å². The van der Waals surface area contributed by atoms with Crippen LogP contribution in [0.1, 0.15) is 11.6 Å². The van der Waals surface area contributed by atoms with Crippen LogP contribution in [-0.4, -0.2) is 10.9 Å². The fraction of sp³-hybridized carbons (Fsp3) is 0.167. The van der Waals surface area contributed by atoms with Crippen LogP contribution in [0.4, 0.5) is 0 Å². The highest BCUT2D eigenvalue weighted by atomic mass is 79.9. The van der Waals surface area contributed by atoms with E-state index in [9.17, 15) is 0 Å². The molecular formula is C12H8BrClN2. The van der Waals surface area contributed by atoms with Crippen LogP contribution in [-0.2, 0) is 0 Å². The van der Waals surface area contributed by atoms with Gasteiger partial charge < -0.3 is 0 Å². The van der Waals surface area contributed by atoms with Gasteiger partial charge in [0.2, 0.25) is 0 Å². The Labute approximate surface area is 107 Å². The largest absolute Gasteiger partial charge is 0.259 e. The van der Waals surface area contributed by atoms with Crippen molar-refractivity contribution in [3.8, 4) is 6.07 Å². The maximum atomic E-state index is 9.02. The van der Waals surface area contributed by atoms with E-state index in [4.69, 9.17) is 16.9 Å². The summed E-state index contributed by atoms with van der Waals surface area (Å²) >= 11 is 9.25. The first-order valence-corrected chi connectivity index (χ1v) is 6.09. The third kappa shape index (κ3) is 1.91. The van der Waals surface area contributed by atoms with Gasteiger partial charge in [0, 0.05) is 21.9 Å². The van der Waals surface area contributed by atoms with Crippen molar-refractivity contribution in [1.29, 1.82) is 5.26 Å². The number of alkyl halides is 1. The minimum Gasteiger partial charge on any atom is -0.259 e. The standard InChI is InChI=1S/C12H8BrClN2/c13-11-3-1-2-10-9(11)4-5-16-12(10)8(6-14)7-15/h1-5,8H,6H2. The average molecular weight is 296 g/mol. The highest BCUT2D eigenvalue weighted by molar-refractivity contribution is 9.10. The summed E-state index contributed by atoms with van der Waals surface area (Å²) in [6.07, 6.45) is 1.71. The summed E-state index contributed by atoms with van der Waals surface area (Å²) < 4.78 is 1.000. The SMILES string of the molecule is N#CC(CCl)c1nccc2c(Br)cccc12. The van der Waals surface area contributed by atoms with Crippen LogP contribution in [0.3, 0.4) is 0 Å². The molecule has 0 saturated heterocycles. The van der Waals surface area contributed by atoms with Crippen LogP contribution in [0.2, 0.25) is 0 Å². The molecule has 0 aliphatic carbocycles. The lowest BCUT2D eigenvalue weighted by molar-refractivity contribution is 0.943. The zero-order chi connectivity index (χ0) is 11.5. The topological polar surface area (TPSA) is 36.7 Å². The van der Waals surface area contributed by atoms with Crippen molar-refractivity contribution in [1.82, 2.24) is 4.98 Å². The molecule has 1 heterocycles. The van der Waals surface area contributed by atoms with E-state index in [1.54, 1.807) is 6.20 Å². The Kier molecular flexibility index (Phi) is 3.42. The molecule has 0 fully saturated rings. The molecule has 0 saturated carbocycles. The van der Waals surface area contributed by atoms with Gasteiger partial charge in [0.25, 0.3) is 0 Å². The van der Waals surface area contributed by atoms with E-state index in [1.807, 2.05) is 24.3 Å². The normalized spacial score (nSPS) is 12.3. The molecule has 2 rings (SSSR count). The van der Waals surface area contributed by atoms with E-state index < -0.39 is 0 Å². The van der Waals surface area contributed by atoms with Gasteiger partial charge in [0.1, 0.15) is 5.92 Å². The number of halogens is 2. The molecule has 2 aromatic rings. The van der Waals surface area contributed by atoms with E-state index in [0.29, 0.717) is 0 Å². The van der Waals surface area contributed by atoms with Crippen molar-refractivity contribution in [3.05, 3.63) is 40.6 Å². The molecule has 0 aliphatic rings. The Bertz CT molecular complexity index is 562. The summed E-state index contributed by atoms with van der Waals surface area (Å²) in [4.78, 5) is 4.26. The van der Waals surface area contributed by atoms with Gasteiger partial charge in [-0.25, -0.2) is 0 Å². The van der Waals surface area contributed by atoms with Gasteiger partial charge in [-0.15, -0.1) is 11.6 Å². The number of pyridine rings is 1. The summed E-state index contributed by atoms with van der Waals surface area (Å²) in [7, 11) is 0. The van der Waals surface area contributed by atoms with Crippen LogP contribution in [0.25, 0.3) is 10.8 Å². The summed E-state index contributed by atoms with van der Waals surface area (Å²) in [5.41, 5.74) is 0.747. The fourth-order valence-electron chi connectivity index (χ4n) is 1.64. The number of rotatable bonds is 2. The molecule has 0 aliphatic heterocycles. The number of hydrogen-bond acceptors (Lipinski definition) is 2. The van der Waals surface area contributed by atoms with Crippen LogP contribution >= 0.6 is 27.5 Å². The molecule has 0 N–H and O–H groups in total. The van der Waals surface area contributed by atoms with Crippen LogP contribution < -0.4 is 0 Å². The molecule has 1 atom stereocenters. The van der Waals surface area contributed by atoms with Crippen molar-refractivity contribution in [2.45, 2.75) is 5.92 Å². The number of fused-ring (bicyclic) bond motifs is 1. The quantitative estimate of drug-likeness (QED) is 0.789. The van der Waals surface area contributed by atoms with E-state index in [-0.39, 0.29) is 11.8 Å². The smallest absolute Gasteiger partial charge is 0.103 e. The molecule has 1 unspecified atom stereocenters. The van der Waals surface area contributed by atoms with Crippen LogP contribution in [0.15, 0.2) is 34.9 Å². The fourth-order valence-corrected chi connectivity index (χ4v) is 2.35. The van der Waals surface area contributed by atoms with Gasteiger partial charge >= 0.3 is 0 Å². The molecule has 1 aromatic heterocycles. The molecule has 0 bridgehead atoms. The second kappa shape index (κ2) is 4.82. The van der Waals surface area contributed by atoms with E-state index in [1.165, 1.54) is 0 Å². The average Bonchev–Trinajstić information content (AvgIpc) is 2.32. The number of hydrogen-bond donors (Lipinski definition) is 0. The highest BCUT2D eigenvalue weighted by Gasteiger charge is 2.14. The predicted molar refractivity (Wildman–Crippen MR) is 68.5 cm³/mol. The van der Waals surface area contributed by atoms with E-state index in [2.05, 4.69) is 27.0 Å². The zero-order valence-electron chi connectivity index (χ0n) is 8.32. The Balaban J connectivity index is 2.72. The third-order valence-electron chi connectivity index (χ3n) is 2.42. The van der Waals surface area contributed by atoms with Gasteiger partial charge in [0.15, 0.2) is 0 Å². The van der Waals surface area contributed by atoms with Gasteiger partial charge in [0.05, 0.1) is 11.8 Å². The number of nitrogens with zero attached hydrogens (tertiary/aromatic N) is 2. The summed E-state index contributed by atoms with van der Waals surface area (Å²) in [6, 6.07) is 9.95. The van der Waals surface area contributed by atoms with E-state index >= 15 is 0 Å². The molecule has 80 valence electrons. The zero-order valence-corrected chi connectivity index (χ0v) is 10.7. The second-order valence-corrected chi connectivity index (χ2v) is 4.53. The van der Waals surface area contributed by atoms with Crippen LogP contribution in [0.5, 0.6) is 0 Å². The Morgan fingerprint density at radius 2 is 2.19 bits per heavy atom. The van der Waals surface area contributed by atoms with Gasteiger partial charge in [-0.05, 0) is 17.5 Å². The third-order valence-corrected chi connectivity index (χ3v) is 3.42. The van der Waals surface area contributed by atoms with Gasteiger partial charge in [-0.2, -0.15) is 5.26 Å². The number of nitriles is 1. The Morgan fingerprint density at radius 1 is 1.38 bits per heavy atom. The molecule has 4 heteroatoms. The van der Waals surface area contributed by atoms with Crippen molar-refractivity contribution in [3.63, 3.8) is 0 Å². The lowest BCUT2D eigenvalue weighted by Crippen LogP contribution is -2.01.